The summed E-state index contributed by atoms with van der Waals surface area (Å²) in [6.45, 7) is 0.717. The summed E-state index contributed by atoms with van der Waals surface area (Å²) in [6, 6.07) is 3.31. The van der Waals surface area contributed by atoms with E-state index in [4.69, 9.17) is 9.52 Å². The summed E-state index contributed by atoms with van der Waals surface area (Å²) >= 11 is 0. The van der Waals surface area contributed by atoms with Gasteiger partial charge in [0.25, 0.3) is 0 Å². The van der Waals surface area contributed by atoms with E-state index in [1.807, 2.05) is 6.07 Å². The number of carbonyl (C=O) groups is 2. The Kier molecular flexibility index (Phi) is 4.43. The smallest absolute Gasteiger partial charge is 0.323 e. The zero-order valence-electron chi connectivity index (χ0n) is 10.7. The van der Waals surface area contributed by atoms with Gasteiger partial charge >= 0.3 is 12.0 Å². The van der Waals surface area contributed by atoms with Crippen molar-refractivity contribution >= 4 is 12.0 Å². The Morgan fingerprint density at radius 3 is 2.84 bits per heavy atom. The molecule has 0 radical (unpaired) electrons. The Hall–Kier alpha value is -1.98. The highest BCUT2D eigenvalue weighted by molar-refractivity contribution is 5.80. The number of amides is 2. The van der Waals surface area contributed by atoms with E-state index in [2.05, 4.69) is 5.32 Å². The van der Waals surface area contributed by atoms with Gasteiger partial charge in [0.05, 0.1) is 6.26 Å². The highest BCUT2D eigenvalue weighted by Crippen LogP contribution is 2.29. The van der Waals surface area contributed by atoms with E-state index in [0.29, 0.717) is 25.4 Å². The molecular weight excluding hydrogens is 248 g/mol. The first-order chi connectivity index (χ1) is 9.15. The van der Waals surface area contributed by atoms with Crippen molar-refractivity contribution in [1.29, 1.82) is 0 Å². The molecule has 0 aromatic carbocycles. The van der Waals surface area contributed by atoms with Crippen LogP contribution in [0.4, 0.5) is 4.79 Å². The molecule has 6 nitrogen and oxygen atoms in total. The van der Waals surface area contributed by atoms with Crippen LogP contribution < -0.4 is 5.32 Å². The van der Waals surface area contributed by atoms with E-state index in [0.717, 1.165) is 18.6 Å². The van der Waals surface area contributed by atoms with E-state index in [-0.39, 0.29) is 12.6 Å². The van der Waals surface area contributed by atoms with Crippen LogP contribution in [0.2, 0.25) is 0 Å². The molecule has 2 N–H and O–H groups in total. The van der Waals surface area contributed by atoms with Crippen molar-refractivity contribution < 1.29 is 19.1 Å². The second kappa shape index (κ2) is 6.26. The van der Waals surface area contributed by atoms with Crippen LogP contribution in [0.5, 0.6) is 0 Å². The molecule has 1 aromatic rings. The molecule has 2 amide bonds. The fraction of sp³-hybridized carbons (Fsp3) is 0.538. The van der Waals surface area contributed by atoms with Gasteiger partial charge in [0.15, 0.2) is 0 Å². The molecule has 104 valence electrons. The molecule has 1 aliphatic rings. The predicted octanol–water partition coefficient (Wildman–Crippen LogP) is 1.33. The van der Waals surface area contributed by atoms with Crippen LogP contribution in [0.25, 0.3) is 0 Å². The van der Waals surface area contributed by atoms with Gasteiger partial charge in [-0.3, -0.25) is 4.79 Å². The molecule has 0 unspecified atom stereocenters. The van der Waals surface area contributed by atoms with Crippen LogP contribution in [-0.2, 0) is 11.2 Å². The topological polar surface area (TPSA) is 82.8 Å². The Balaban J connectivity index is 1.75. The Bertz CT molecular complexity index is 426. The van der Waals surface area contributed by atoms with Gasteiger partial charge in [-0.25, -0.2) is 4.79 Å². The van der Waals surface area contributed by atoms with Crippen molar-refractivity contribution in [3.8, 4) is 0 Å². The van der Waals surface area contributed by atoms with E-state index in [1.165, 1.54) is 4.90 Å². The summed E-state index contributed by atoms with van der Waals surface area (Å²) in [5.41, 5.74) is 0. The number of hydrogen-bond acceptors (Lipinski definition) is 3. The Labute approximate surface area is 111 Å². The third-order valence-electron chi connectivity index (χ3n) is 3.02. The number of hydrogen-bond donors (Lipinski definition) is 2. The van der Waals surface area contributed by atoms with Crippen molar-refractivity contribution in [2.75, 3.05) is 19.6 Å². The second-order valence-corrected chi connectivity index (χ2v) is 4.78. The van der Waals surface area contributed by atoms with Gasteiger partial charge in [0.2, 0.25) is 0 Å². The summed E-state index contributed by atoms with van der Waals surface area (Å²) in [4.78, 5) is 24.0. The maximum absolute atomic E-state index is 11.9. The van der Waals surface area contributed by atoms with Crippen LogP contribution in [-0.4, -0.2) is 41.6 Å². The van der Waals surface area contributed by atoms with Crippen LogP contribution in [0.1, 0.15) is 18.6 Å². The van der Waals surface area contributed by atoms with E-state index < -0.39 is 5.97 Å². The molecule has 1 aromatic heterocycles. The fourth-order valence-corrected chi connectivity index (χ4v) is 1.85. The largest absolute Gasteiger partial charge is 0.480 e. The summed E-state index contributed by atoms with van der Waals surface area (Å²) in [5.74, 6) is 0.282. The Morgan fingerprint density at radius 2 is 2.26 bits per heavy atom. The number of carboxylic acids is 1. The van der Waals surface area contributed by atoms with Gasteiger partial charge in [0, 0.05) is 19.5 Å². The van der Waals surface area contributed by atoms with E-state index in [9.17, 15) is 9.59 Å². The molecule has 2 rings (SSSR count). The standard InChI is InChI=1S/C13H18N2O4/c16-12(17)9-15(8-10-3-4-10)13(18)14-6-5-11-2-1-7-19-11/h1-2,7,10H,3-6,8-9H2,(H,14,18)(H,16,17). The monoisotopic (exact) mass is 266 g/mol. The van der Waals surface area contributed by atoms with Gasteiger partial charge < -0.3 is 19.7 Å². The minimum Gasteiger partial charge on any atom is -0.480 e. The molecule has 1 aliphatic carbocycles. The van der Waals surface area contributed by atoms with Crippen LogP contribution in [0, 0.1) is 5.92 Å². The van der Waals surface area contributed by atoms with Crippen molar-refractivity contribution in [1.82, 2.24) is 10.2 Å². The summed E-state index contributed by atoms with van der Waals surface area (Å²) in [5, 5.41) is 11.5. The minimum atomic E-state index is -0.984. The number of urea groups is 1. The maximum Gasteiger partial charge on any atom is 0.323 e. The molecule has 19 heavy (non-hydrogen) atoms. The number of aliphatic carboxylic acids is 1. The average Bonchev–Trinajstić information content (AvgIpc) is 3.02. The lowest BCUT2D eigenvalue weighted by atomic mass is 10.3. The van der Waals surface area contributed by atoms with Crippen molar-refractivity contribution in [3.05, 3.63) is 24.2 Å². The normalized spacial score (nSPS) is 14.1. The third-order valence-corrected chi connectivity index (χ3v) is 3.02. The summed E-state index contributed by atoms with van der Waals surface area (Å²) in [7, 11) is 0. The first-order valence-electron chi connectivity index (χ1n) is 6.42. The fourth-order valence-electron chi connectivity index (χ4n) is 1.85. The van der Waals surface area contributed by atoms with Gasteiger partial charge in [0.1, 0.15) is 12.3 Å². The lowest BCUT2D eigenvalue weighted by molar-refractivity contribution is -0.137. The Morgan fingerprint density at radius 1 is 1.47 bits per heavy atom. The van der Waals surface area contributed by atoms with Crippen LogP contribution in [0.3, 0.4) is 0 Å². The van der Waals surface area contributed by atoms with Gasteiger partial charge in [-0.15, -0.1) is 0 Å². The molecule has 1 heterocycles. The highest BCUT2D eigenvalue weighted by atomic mass is 16.4. The predicted molar refractivity (Wildman–Crippen MR) is 67.7 cm³/mol. The van der Waals surface area contributed by atoms with Crippen LogP contribution >= 0.6 is 0 Å². The van der Waals surface area contributed by atoms with Gasteiger partial charge in [-0.2, -0.15) is 0 Å². The van der Waals surface area contributed by atoms with Gasteiger partial charge in [-0.05, 0) is 30.9 Å². The minimum absolute atomic E-state index is 0.247. The number of furan rings is 1. The number of nitrogens with zero attached hydrogens (tertiary/aromatic N) is 1. The second-order valence-electron chi connectivity index (χ2n) is 4.78. The number of carbonyl (C=O) groups excluding carboxylic acids is 1. The average molecular weight is 266 g/mol. The highest BCUT2D eigenvalue weighted by Gasteiger charge is 2.27. The maximum atomic E-state index is 11.9. The molecule has 0 bridgehead atoms. The molecule has 1 saturated carbocycles. The summed E-state index contributed by atoms with van der Waals surface area (Å²) < 4.78 is 5.16. The first kappa shape index (κ1) is 13.5. The van der Waals surface area contributed by atoms with E-state index in [1.54, 1.807) is 12.3 Å². The van der Waals surface area contributed by atoms with Crippen LogP contribution in [0.15, 0.2) is 22.8 Å². The zero-order valence-corrected chi connectivity index (χ0v) is 10.7. The van der Waals surface area contributed by atoms with E-state index >= 15 is 0 Å². The van der Waals surface area contributed by atoms with Gasteiger partial charge in [-0.1, -0.05) is 0 Å². The molecule has 0 spiro atoms. The molecule has 1 fully saturated rings. The SMILES string of the molecule is O=C(O)CN(CC1CC1)C(=O)NCCc1ccco1. The molecular formula is C13H18N2O4. The zero-order chi connectivity index (χ0) is 13.7. The number of carboxylic acid groups (broad SMARTS) is 1. The molecule has 0 atom stereocenters. The lowest BCUT2D eigenvalue weighted by Gasteiger charge is -2.20. The molecule has 0 aliphatic heterocycles. The summed E-state index contributed by atoms with van der Waals surface area (Å²) in [6.07, 6.45) is 4.34. The van der Waals surface area contributed by atoms with Crippen molar-refractivity contribution in [2.24, 2.45) is 5.92 Å². The molecule has 6 heteroatoms. The van der Waals surface area contributed by atoms with Crippen molar-refractivity contribution in [3.63, 3.8) is 0 Å². The first-order valence-corrected chi connectivity index (χ1v) is 6.42. The lowest BCUT2D eigenvalue weighted by Crippen LogP contribution is -2.44. The number of rotatable bonds is 7. The quantitative estimate of drug-likeness (QED) is 0.780. The molecule has 0 saturated heterocycles. The van der Waals surface area contributed by atoms with Crippen molar-refractivity contribution in [2.45, 2.75) is 19.3 Å². The third kappa shape index (κ3) is 4.65. The number of nitrogens with one attached hydrogen (secondary N) is 1.